The molecule has 1 aromatic carbocycles. The van der Waals surface area contributed by atoms with E-state index in [-0.39, 0.29) is 31.1 Å². The molecule has 3 amide bonds. The summed E-state index contributed by atoms with van der Waals surface area (Å²) >= 11 is 0. The molecule has 0 aromatic heterocycles. The van der Waals surface area contributed by atoms with Crippen LogP contribution in [-0.4, -0.2) is 81.6 Å². The predicted octanol–water partition coefficient (Wildman–Crippen LogP) is -0.150. The van der Waals surface area contributed by atoms with E-state index < -0.39 is 52.5 Å². The van der Waals surface area contributed by atoms with E-state index in [0.717, 1.165) is 0 Å². The van der Waals surface area contributed by atoms with Gasteiger partial charge in [0.05, 0.1) is 25.0 Å². The van der Waals surface area contributed by atoms with Crippen LogP contribution in [0.25, 0.3) is 0 Å². The maximum atomic E-state index is 13.4. The Bertz CT molecular complexity index is 1010. The maximum Gasteiger partial charge on any atom is 0.265 e. The molecule has 0 bridgehead atoms. The molecular formula is C20H26F2N4O6S. The zero-order valence-corrected chi connectivity index (χ0v) is 18.8. The van der Waals surface area contributed by atoms with Crippen molar-refractivity contribution >= 4 is 27.7 Å². The second-order valence-electron chi connectivity index (χ2n) is 7.95. The number of carbonyl (C=O) groups excluding carboxylic acids is 3. The Balaban J connectivity index is 1.56. The minimum absolute atomic E-state index is 0.0522. The van der Waals surface area contributed by atoms with Crippen molar-refractivity contribution in [1.29, 1.82) is 0 Å². The van der Waals surface area contributed by atoms with Gasteiger partial charge in [0.1, 0.15) is 0 Å². The van der Waals surface area contributed by atoms with Crippen molar-refractivity contribution in [2.75, 3.05) is 32.1 Å². The number of hydrogen-bond acceptors (Lipinski definition) is 7. The van der Waals surface area contributed by atoms with Crippen molar-refractivity contribution in [3.63, 3.8) is 0 Å². The van der Waals surface area contributed by atoms with Crippen LogP contribution < -0.4 is 15.4 Å². The second kappa shape index (κ2) is 10.5. The van der Waals surface area contributed by atoms with Crippen molar-refractivity contribution < 1.29 is 36.3 Å². The molecule has 0 aliphatic carbocycles. The molecular weight excluding hydrogens is 462 g/mol. The molecule has 13 heteroatoms. The molecule has 2 aliphatic rings. The Morgan fingerprint density at radius 1 is 1.24 bits per heavy atom. The average molecular weight is 489 g/mol. The van der Waals surface area contributed by atoms with Crippen LogP contribution in [0.1, 0.15) is 39.6 Å². The number of ether oxygens (including phenoxy) is 1. The van der Waals surface area contributed by atoms with Crippen LogP contribution in [0.15, 0.2) is 18.2 Å². The number of sulfonamides is 1. The molecule has 182 valence electrons. The highest BCUT2D eigenvalue weighted by Gasteiger charge is 2.32. The summed E-state index contributed by atoms with van der Waals surface area (Å²) in [5, 5.41) is 4.97. The first-order valence-corrected chi connectivity index (χ1v) is 12.1. The molecule has 1 saturated heterocycles. The fourth-order valence-electron chi connectivity index (χ4n) is 3.89. The van der Waals surface area contributed by atoms with Crippen molar-refractivity contribution in [3.8, 4) is 0 Å². The topological polar surface area (TPSA) is 134 Å². The molecule has 1 fully saturated rings. The summed E-state index contributed by atoms with van der Waals surface area (Å²) in [6.45, 7) is 2.67. The van der Waals surface area contributed by atoms with E-state index in [0.29, 0.717) is 24.3 Å². The first kappa shape index (κ1) is 25.0. The van der Waals surface area contributed by atoms with Gasteiger partial charge in [0, 0.05) is 43.2 Å². The van der Waals surface area contributed by atoms with Crippen LogP contribution in [0.2, 0.25) is 0 Å². The molecule has 1 unspecified atom stereocenters. The number of hydrogen-bond donors (Lipinski definition) is 3. The quantitative estimate of drug-likeness (QED) is 0.440. The van der Waals surface area contributed by atoms with Gasteiger partial charge in [0.15, 0.2) is 0 Å². The fraction of sp³-hybridized carbons (Fsp3) is 0.550. The molecule has 2 aliphatic heterocycles. The highest BCUT2D eigenvalue weighted by atomic mass is 32.2. The minimum Gasteiger partial charge on any atom is -0.379 e. The van der Waals surface area contributed by atoms with Gasteiger partial charge in [-0.25, -0.2) is 21.9 Å². The summed E-state index contributed by atoms with van der Waals surface area (Å²) < 4.78 is 58.8. The Labute approximate surface area is 190 Å². The number of amides is 3. The highest BCUT2D eigenvalue weighted by molar-refractivity contribution is 7.90. The lowest BCUT2D eigenvalue weighted by Gasteiger charge is -2.33. The number of fused-ring (bicyclic) bond motifs is 1. The number of rotatable bonds is 9. The molecule has 2 atom stereocenters. The normalized spacial score (nSPS) is 18.4. The summed E-state index contributed by atoms with van der Waals surface area (Å²) in [6.07, 6.45) is -3.24. The Morgan fingerprint density at radius 3 is 2.61 bits per heavy atom. The number of alkyl halides is 2. The third-order valence-electron chi connectivity index (χ3n) is 5.42. The summed E-state index contributed by atoms with van der Waals surface area (Å²) in [5.41, 5.74) is 0.753. The first-order chi connectivity index (χ1) is 15.6. The van der Waals surface area contributed by atoms with E-state index in [1.54, 1.807) is 0 Å². The largest absolute Gasteiger partial charge is 0.379 e. The predicted molar refractivity (Wildman–Crippen MR) is 113 cm³/mol. The van der Waals surface area contributed by atoms with E-state index in [4.69, 9.17) is 4.74 Å². The lowest BCUT2D eigenvalue weighted by Crippen LogP contribution is -2.50. The van der Waals surface area contributed by atoms with E-state index >= 15 is 0 Å². The summed E-state index contributed by atoms with van der Waals surface area (Å²) in [7, 11) is -4.16. The third kappa shape index (κ3) is 6.45. The fourth-order valence-corrected chi connectivity index (χ4v) is 5.10. The molecule has 3 rings (SSSR count). The van der Waals surface area contributed by atoms with Gasteiger partial charge in [-0.2, -0.15) is 0 Å². The van der Waals surface area contributed by atoms with Gasteiger partial charge >= 0.3 is 0 Å². The van der Waals surface area contributed by atoms with Gasteiger partial charge in [-0.05, 0) is 24.6 Å². The molecule has 3 N–H and O–H groups in total. The van der Waals surface area contributed by atoms with Gasteiger partial charge in [0.2, 0.25) is 15.9 Å². The number of benzene rings is 1. The number of morpholine rings is 1. The van der Waals surface area contributed by atoms with Crippen molar-refractivity contribution in [2.24, 2.45) is 0 Å². The SMILES string of the molecule is C[C@H](CS(=O)(=O)NC(=O)c1cccc2c1CNC2=O)NC(=O)CC(C(F)F)N1CCOCC1. The Hall–Kier alpha value is -2.64. The van der Waals surface area contributed by atoms with Crippen LogP contribution in [-0.2, 0) is 26.1 Å². The average Bonchev–Trinajstić information content (AvgIpc) is 3.12. The minimum atomic E-state index is -4.16. The highest BCUT2D eigenvalue weighted by Crippen LogP contribution is 2.20. The molecule has 0 radical (unpaired) electrons. The van der Waals surface area contributed by atoms with E-state index in [1.807, 2.05) is 4.72 Å². The van der Waals surface area contributed by atoms with Crippen molar-refractivity contribution in [2.45, 2.75) is 38.4 Å². The van der Waals surface area contributed by atoms with Gasteiger partial charge in [-0.15, -0.1) is 0 Å². The van der Waals surface area contributed by atoms with Crippen LogP contribution >= 0.6 is 0 Å². The van der Waals surface area contributed by atoms with E-state index in [9.17, 15) is 31.6 Å². The van der Waals surface area contributed by atoms with E-state index in [2.05, 4.69) is 10.6 Å². The lowest BCUT2D eigenvalue weighted by atomic mass is 10.0. The molecule has 2 heterocycles. The second-order valence-corrected chi connectivity index (χ2v) is 9.72. The summed E-state index contributed by atoms with van der Waals surface area (Å²) in [6, 6.07) is 2.18. The molecule has 1 aromatic rings. The van der Waals surface area contributed by atoms with Crippen molar-refractivity contribution in [1.82, 2.24) is 20.3 Å². The van der Waals surface area contributed by atoms with Crippen LogP contribution in [0.4, 0.5) is 8.78 Å². The van der Waals surface area contributed by atoms with Gasteiger partial charge in [0.25, 0.3) is 18.2 Å². The monoisotopic (exact) mass is 488 g/mol. The number of nitrogens with one attached hydrogen (secondary N) is 3. The smallest absolute Gasteiger partial charge is 0.265 e. The molecule has 0 saturated carbocycles. The Morgan fingerprint density at radius 2 is 1.94 bits per heavy atom. The van der Waals surface area contributed by atoms with Gasteiger partial charge in [-0.3, -0.25) is 19.3 Å². The zero-order chi connectivity index (χ0) is 24.2. The molecule has 33 heavy (non-hydrogen) atoms. The number of nitrogens with zero attached hydrogens (tertiary/aromatic N) is 1. The summed E-state index contributed by atoms with van der Waals surface area (Å²) in [4.78, 5) is 38.0. The standard InChI is InChI=1S/C20H26F2N4O6S/c1-12(24-17(27)9-16(18(21)22)26-5-7-32-8-6-26)11-33(30,31)25-20(29)14-4-2-3-13-15(14)10-23-19(13)28/h2-4,12,16,18H,5-11H2,1H3,(H,23,28)(H,24,27)(H,25,29)/t12-,16?/m1/s1. The zero-order valence-electron chi connectivity index (χ0n) is 18.0. The van der Waals surface area contributed by atoms with Crippen LogP contribution in [0.3, 0.4) is 0 Å². The Kier molecular flexibility index (Phi) is 7.97. The van der Waals surface area contributed by atoms with Crippen LogP contribution in [0.5, 0.6) is 0 Å². The van der Waals surface area contributed by atoms with E-state index in [1.165, 1.54) is 30.0 Å². The molecule has 0 spiro atoms. The van der Waals surface area contributed by atoms with Gasteiger partial charge in [-0.1, -0.05) is 6.07 Å². The lowest BCUT2D eigenvalue weighted by molar-refractivity contribution is -0.125. The third-order valence-corrected chi connectivity index (χ3v) is 6.85. The summed E-state index contributed by atoms with van der Waals surface area (Å²) in [5.74, 6) is -2.59. The molecule has 10 nitrogen and oxygen atoms in total. The maximum absolute atomic E-state index is 13.4. The number of halogens is 2. The number of carbonyl (C=O) groups is 3. The first-order valence-electron chi connectivity index (χ1n) is 10.4. The van der Waals surface area contributed by atoms with Gasteiger partial charge < -0.3 is 15.4 Å². The van der Waals surface area contributed by atoms with Crippen LogP contribution in [0, 0.1) is 0 Å². The van der Waals surface area contributed by atoms with Crippen molar-refractivity contribution in [3.05, 3.63) is 34.9 Å².